The predicted molar refractivity (Wildman–Crippen MR) is 150 cm³/mol. The molecular weight excluding hydrogens is 514 g/mol. The van der Waals surface area contributed by atoms with Crippen LogP contribution in [0.3, 0.4) is 0 Å². The van der Waals surface area contributed by atoms with Crippen molar-refractivity contribution >= 4 is 24.1 Å². The van der Waals surface area contributed by atoms with Crippen molar-refractivity contribution in [3.05, 3.63) is 59.7 Å². The molecule has 0 aliphatic heterocycles. The number of ether oxygens (including phenoxy) is 2. The molecule has 0 spiro atoms. The van der Waals surface area contributed by atoms with E-state index >= 15 is 0 Å². The summed E-state index contributed by atoms with van der Waals surface area (Å²) in [4.78, 5) is 49.1. The van der Waals surface area contributed by atoms with Gasteiger partial charge in [0.1, 0.15) is 24.3 Å². The number of amides is 3. The van der Waals surface area contributed by atoms with Gasteiger partial charge in [-0.15, -0.1) is 0 Å². The third kappa shape index (κ3) is 8.21. The quantitative estimate of drug-likeness (QED) is 0.302. The number of carboxylic acid groups (broad SMARTS) is 1. The van der Waals surface area contributed by atoms with Crippen molar-refractivity contribution in [2.24, 2.45) is 5.92 Å². The molecule has 0 aromatic heterocycles. The number of carbonyl (C=O) groups is 4. The van der Waals surface area contributed by atoms with Crippen molar-refractivity contribution in [3.63, 3.8) is 0 Å². The summed E-state index contributed by atoms with van der Waals surface area (Å²) in [7, 11) is 0. The highest BCUT2D eigenvalue weighted by molar-refractivity contribution is 5.89. The molecule has 0 saturated carbocycles. The Morgan fingerprint density at radius 1 is 0.900 bits per heavy atom. The van der Waals surface area contributed by atoms with Crippen LogP contribution in [0.5, 0.6) is 0 Å². The molecule has 0 saturated heterocycles. The Balaban J connectivity index is 1.46. The first-order chi connectivity index (χ1) is 18.9. The van der Waals surface area contributed by atoms with Gasteiger partial charge in [-0.1, -0.05) is 62.4 Å². The zero-order valence-electron chi connectivity index (χ0n) is 23.7. The second-order valence-corrected chi connectivity index (χ2v) is 11.2. The molecule has 216 valence electrons. The van der Waals surface area contributed by atoms with Crippen molar-refractivity contribution in [1.29, 1.82) is 0 Å². The fraction of sp³-hybridized carbons (Fsp3) is 0.467. The molecule has 2 aromatic carbocycles. The zero-order valence-corrected chi connectivity index (χ0v) is 23.7. The summed E-state index contributed by atoms with van der Waals surface area (Å²) in [6, 6.07) is 13.9. The van der Waals surface area contributed by atoms with Crippen LogP contribution in [0.2, 0.25) is 0 Å². The molecule has 3 rings (SSSR count). The Labute approximate surface area is 234 Å². The molecule has 0 bridgehead atoms. The van der Waals surface area contributed by atoms with E-state index < -0.39 is 41.7 Å². The predicted octanol–water partition coefficient (Wildman–Crippen LogP) is 4.42. The number of alkyl carbamates (subject to hydrolysis) is 2. The molecule has 10 nitrogen and oxygen atoms in total. The first kappa shape index (κ1) is 30.5. The minimum atomic E-state index is -1.21. The number of hydrogen-bond donors (Lipinski definition) is 4. The fourth-order valence-corrected chi connectivity index (χ4v) is 4.63. The molecule has 3 amide bonds. The van der Waals surface area contributed by atoms with Crippen LogP contribution >= 0.6 is 0 Å². The average Bonchev–Trinajstić information content (AvgIpc) is 3.20. The Morgan fingerprint density at radius 2 is 1.48 bits per heavy atom. The molecule has 2 atom stereocenters. The summed E-state index contributed by atoms with van der Waals surface area (Å²) in [5, 5.41) is 17.3. The monoisotopic (exact) mass is 553 g/mol. The van der Waals surface area contributed by atoms with Crippen LogP contribution in [0.4, 0.5) is 9.59 Å². The van der Waals surface area contributed by atoms with Crippen LogP contribution in [0, 0.1) is 5.92 Å². The van der Waals surface area contributed by atoms with Crippen molar-refractivity contribution < 1.29 is 33.8 Å². The second kappa shape index (κ2) is 13.3. The third-order valence-electron chi connectivity index (χ3n) is 6.52. The third-order valence-corrected chi connectivity index (χ3v) is 6.52. The average molecular weight is 554 g/mol. The topological polar surface area (TPSA) is 143 Å². The normalized spacial score (nSPS) is 13.9. The molecule has 2 aromatic rings. The number of aliphatic carboxylic acids is 1. The smallest absolute Gasteiger partial charge is 0.408 e. The van der Waals surface area contributed by atoms with Crippen LogP contribution in [0.25, 0.3) is 11.1 Å². The van der Waals surface area contributed by atoms with Crippen molar-refractivity contribution in [2.75, 3.05) is 13.2 Å². The van der Waals surface area contributed by atoms with E-state index in [0.29, 0.717) is 0 Å². The van der Waals surface area contributed by atoms with Gasteiger partial charge in [0, 0.05) is 12.5 Å². The number of nitrogens with one attached hydrogen (secondary N) is 3. The number of rotatable bonds is 11. The van der Waals surface area contributed by atoms with Gasteiger partial charge in [-0.3, -0.25) is 4.79 Å². The van der Waals surface area contributed by atoms with Crippen molar-refractivity contribution in [1.82, 2.24) is 16.0 Å². The molecule has 0 heterocycles. The van der Waals surface area contributed by atoms with E-state index in [-0.39, 0.29) is 37.8 Å². The first-order valence-electron chi connectivity index (χ1n) is 13.5. The lowest BCUT2D eigenvalue weighted by Crippen LogP contribution is -2.54. The van der Waals surface area contributed by atoms with E-state index in [9.17, 15) is 24.3 Å². The number of benzene rings is 2. The Bertz CT molecular complexity index is 1180. The van der Waals surface area contributed by atoms with Gasteiger partial charge in [-0.25, -0.2) is 14.4 Å². The maximum absolute atomic E-state index is 12.8. The van der Waals surface area contributed by atoms with Crippen LogP contribution in [-0.2, 0) is 19.1 Å². The molecule has 0 fully saturated rings. The number of carbonyl (C=O) groups excluding carboxylic acids is 3. The SMILES string of the molecule is CC(C)C(NC(=O)OC(C)(C)C)C(=O)NC(CCCNC(=O)OCC1c2ccccc2-c2ccccc21)C(=O)O. The van der Waals surface area contributed by atoms with Crippen molar-refractivity contribution in [2.45, 2.75) is 71.1 Å². The summed E-state index contributed by atoms with van der Waals surface area (Å²) in [5.74, 6) is -2.21. The van der Waals surface area contributed by atoms with Gasteiger partial charge in [-0.2, -0.15) is 0 Å². The summed E-state index contributed by atoms with van der Waals surface area (Å²) >= 11 is 0. The maximum atomic E-state index is 12.8. The molecular formula is C30H39N3O7. The maximum Gasteiger partial charge on any atom is 0.408 e. The molecule has 2 unspecified atom stereocenters. The summed E-state index contributed by atoms with van der Waals surface area (Å²) in [5.41, 5.74) is 3.74. The number of carboxylic acids is 1. The lowest BCUT2D eigenvalue weighted by Gasteiger charge is -2.26. The molecule has 1 aliphatic rings. The Morgan fingerprint density at radius 3 is 2.00 bits per heavy atom. The molecule has 0 radical (unpaired) electrons. The largest absolute Gasteiger partial charge is 0.480 e. The minimum Gasteiger partial charge on any atom is -0.480 e. The molecule has 4 N–H and O–H groups in total. The van der Waals surface area contributed by atoms with Gasteiger partial charge in [0.05, 0.1) is 0 Å². The van der Waals surface area contributed by atoms with E-state index in [0.717, 1.165) is 22.3 Å². The fourth-order valence-electron chi connectivity index (χ4n) is 4.63. The number of fused-ring (bicyclic) bond motifs is 3. The Kier molecular flexibility index (Phi) is 10.1. The first-order valence-corrected chi connectivity index (χ1v) is 13.5. The van der Waals surface area contributed by atoms with E-state index in [1.165, 1.54) is 0 Å². The van der Waals surface area contributed by atoms with Crippen LogP contribution in [-0.4, -0.2) is 60.0 Å². The lowest BCUT2D eigenvalue weighted by atomic mass is 9.98. The van der Waals surface area contributed by atoms with Crippen LogP contribution in [0.1, 0.15) is 64.5 Å². The van der Waals surface area contributed by atoms with E-state index in [1.807, 2.05) is 36.4 Å². The van der Waals surface area contributed by atoms with Gasteiger partial charge in [0.2, 0.25) is 5.91 Å². The summed E-state index contributed by atoms with van der Waals surface area (Å²) in [6.45, 7) is 8.91. The van der Waals surface area contributed by atoms with E-state index in [2.05, 4.69) is 28.1 Å². The standard InChI is InChI=1S/C30H39N3O7/c1-18(2)25(33-29(38)40-30(3,4)5)26(34)32-24(27(35)36)15-10-16-31-28(37)39-17-23-21-13-8-6-11-19(21)20-12-7-9-14-22(20)23/h6-9,11-14,18,23-25H,10,15-17H2,1-5H3,(H,31,37)(H,32,34)(H,33,38)(H,35,36). The minimum absolute atomic E-state index is 0.0621. The molecule has 10 heteroatoms. The highest BCUT2D eigenvalue weighted by Crippen LogP contribution is 2.44. The summed E-state index contributed by atoms with van der Waals surface area (Å²) in [6.07, 6.45) is -1.00. The van der Waals surface area contributed by atoms with E-state index in [4.69, 9.17) is 9.47 Å². The zero-order chi connectivity index (χ0) is 29.4. The van der Waals surface area contributed by atoms with Crippen molar-refractivity contribution in [3.8, 4) is 11.1 Å². The second-order valence-electron chi connectivity index (χ2n) is 11.2. The van der Waals surface area contributed by atoms with Crippen LogP contribution in [0.15, 0.2) is 48.5 Å². The molecule has 1 aliphatic carbocycles. The highest BCUT2D eigenvalue weighted by Gasteiger charge is 2.31. The summed E-state index contributed by atoms with van der Waals surface area (Å²) < 4.78 is 10.7. The number of hydrogen-bond acceptors (Lipinski definition) is 6. The van der Waals surface area contributed by atoms with Gasteiger partial charge >= 0.3 is 18.2 Å². The van der Waals surface area contributed by atoms with Gasteiger partial charge < -0.3 is 30.5 Å². The van der Waals surface area contributed by atoms with Crippen LogP contribution < -0.4 is 16.0 Å². The van der Waals surface area contributed by atoms with E-state index in [1.54, 1.807) is 34.6 Å². The van der Waals surface area contributed by atoms with Gasteiger partial charge in [0.15, 0.2) is 0 Å². The highest BCUT2D eigenvalue weighted by atomic mass is 16.6. The van der Waals surface area contributed by atoms with Gasteiger partial charge in [0.25, 0.3) is 0 Å². The Hall–Kier alpha value is -4.08. The van der Waals surface area contributed by atoms with Gasteiger partial charge in [-0.05, 0) is 61.8 Å². The lowest BCUT2D eigenvalue weighted by molar-refractivity contribution is -0.142. The molecule has 40 heavy (non-hydrogen) atoms.